The minimum Gasteiger partial charge on any atom is -0.335 e. The highest BCUT2D eigenvalue weighted by Crippen LogP contribution is 2.33. The molecule has 2 N–H and O–H groups in total. The second-order valence-electron chi connectivity index (χ2n) is 6.70. The first-order chi connectivity index (χ1) is 13.2. The lowest BCUT2D eigenvalue weighted by Crippen LogP contribution is -2.43. The SMILES string of the molecule is O=C(NC1CCCC1)N[C@@H](c1cc(F)cc(C(F)(F)F)c1)c1ccc(Cl)cn1. The topological polar surface area (TPSA) is 54.0 Å². The first-order valence-corrected chi connectivity index (χ1v) is 9.16. The average molecular weight is 416 g/mol. The van der Waals surface area contributed by atoms with E-state index >= 15 is 0 Å². The standard InChI is InChI=1S/C19H18ClF4N3O/c20-13-5-6-16(25-10-13)17(27-18(28)26-15-3-1-2-4-15)11-7-12(19(22,23)24)9-14(21)8-11/h5-10,15,17H,1-4H2,(H2,26,27,28)/t17-/m0/s1. The van der Waals surface area contributed by atoms with Crippen LogP contribution in [0.5, 0.6) is 0 Å². The van der Waals surface area contributed by atoms with Crippen molar-refractivity contribution in [2.75, 3.05) is 0 Å². The molecule has 0 unspecified atom stereocenters. The van der Waals surface area contributed by atoms with Gasteiger partial charge >= 0.3 is 12.2 Å². The minimum atomic E-state index is -4.72. The Balaban J connectivity index is 1.93. The normalized spacial score (nSPS) is 16.0. The van der Waals surface area contributed by atoms with Crippen molar-refractivity contribution in [3.05, 3.63) is 64.2 Å². The molecule has 1 saturated carbocycles. The molecule has 2 amide bonds. The molecule has 0 spiro atoms. The van der Waals surface area contributed by atoms with Gasteiger partial charge in [-0.05, 0) is 48.7 Å². The first-order valence-electron chi connectivity index (χ1n) is 8.78. The van der Waals surface area contributed by atoms with Crippen LogP contribution in [0.4, 0.5) is 22.4 Å². The minimum absolute atomic E-state index is 0.0112. The lowest BCUT2D eigenvalue weighted by molar-refractivity contribution is -0.137. The van der Waals surface area contributed by atoms with Crippen LogP contribution in [0, 0.1) is 5.82 Å². The fourth-order valence-electron chi connectivity index (χ4n) is 3.26. The predicted octanol–water partition coefficient (Wildman–Crippen LogP) is 5.22. The quantitative estimate of drug-likeness (QED) is 0.672. The van der Waals surface area contributed by atoms with E-state index < -0.39 is 29.6 Å². The van der Waals surface area contributed by atoms with Crippen LogP contribution in [0.3, 0.4) is 0 Å². The molecule has 3 rings (SSSR count). The summed E-state index contributed by atoms with van der Waals surface area (Å²) >= 11 is 5.82. The molecule has 0 radical (unpaired) electrons. The molecule has 1 aromatic carbocycles. The zero-order chi connectivity index (χ0) is 20.3. The fourth-order valence-corrected chi connectivity index (χ4v) is 3.37. The lowest BCUT2D eigenvalue weighted by atomic mass is 10.00. The molecule has 1 fully saturated rings. The smallest absolute Gasteiger partial charge is 0.335 e. The maximum absolute atomic E-state index is 13.9. The predicted molar refractivity (Wildman–Crippen MR) is 96.4 cm³/mol. The number of carbonyl (C=O) groups excluding carboxylic acids is 1. The molecule has 0 saturated heterocycles. The number of nitrogens with one attached hydrogen (secondary N) is 2. The second kappa shape index (κ2) is 8.34. The Morgan fingerprint density at radius 3 is 2.50 bits per heavy atom. The van der Waals surface area contributed by atoms with Gasteiger partial charge in [0.05, 0.1) is 22.3 Å². The number of alkyl halides is 3. The van der Waals surface area contributed by atoms with Crippen LogP contribution in [0.1, 0.15) is 48.5 Å². The molecule has 9 heteroatoms. The molecule has 2 aromatic rings. The van der Waals surface area contributed by atoms with Crippen LogP contribution in [-0.2, 0) is 6.18 Å². The Morgan fingerprint density at radius 1 is 1.18 bits per heavy atom. The first kappa shape index (κ1) is 20.4. The molecule has 1 aliphatic carbocycles. The third-order valence-electron chi connectivity index (χ3n) is 4.59. The Labute approximate surface area is 164 Å². The largest absolute Gasteiger partial charge is 0.416 e. The van der Waals surface area contributed by atoms with Crippen molar-refractivity contribution < 1.29 is 22.4 Å². The van der Waals surface area contributed by atoms with Crippen LogP contribution >= 0.6 is 11.6 Å². The fraction of sp³-hybridized carbons (Fsp3) is 0.368. The number of rotatable bonds is 4. The molecule has 1 heterocycles. The monoisotopic (exact) mass is 415 g/mol. The molecular weight excluding hydrogens is 398 g/mol. The summed E-state index contributed by atoms with van der Waals surface area (Å²) in [6.07, 6.45) is 0.286. The van der Waals surface area contributed by atoms with Gasteiger partial charge in [0.15, 0.2) is 0 Å². The number of benzene rings is 1. The number of nitrogens with zero attached hydrogens (tertiary/aromatic N) is 1. The molecule has 4 nitrogen and oxygen atoms in total. The average Bonchev–Trinajstić information content (AvgIpc) is 3.12. The van der Waals surface area contributed by atoms with E-state index in [2.05, 4.69) is 15.6 Å². The Morgan fingerprint density at radius 2 is 1.89 bits per heavy atom. The van der Waals surface area contributed by atoms with Gasteiger partial charge < -0.3 is 10.6 Å². The molecule has 1 aromatic heterocycles. The number of hydrogen-bond acceptors (Lipinski definition) is 2. The van der Waals surface area contributed by atoms with Crippen LogP contribution < -0.4 is 10.6 Å². The molecule has 1 aliphatic rings. The van der Waals surface area contributed by atoms with Crippen molar-refractivity contribution in [2.24, 2.45) is 0 Å². The zero-order valence-corrected chi connectivity index (χ0v) is 15.4. The van der Waals surface area contributed by atoms with Crippen molar-refractivity contribution in [1.82, 2.24) is 15.6 Å². The number of amides is 2. The molecule has 150 valence electrons. The van der Waals surface area contributed by atoms with Gasteiger partial charge in [0, 0.05) is 12.2 Å². The third kappa shape index (κ3) is 5.13. The summed E-state index contributed by atoms with van der Waals surface area (Å²) in [5.74, 6) is -1.05. The van der Waals surface area contributed by atoms with E-state index in [0.717, 1.165) is 37.8 Å². The third-order valence-corrected chi connectivity index (χ3v) is 4.82. The zero-order valence-electron chi connectivity index (χ0n) is 14.7. The van der Waals surface area contributed by atoms with Crippen molar-refractivity contribution in [3.63, 3.8) is 0 Å². The van der Waals surface area contributed by atoms with Crippen LogP contribution in [0.2, 0.25) is 5.02 Å². The van der Waals surface area contributed by atoms with Gasteiger partial charge in [-0.3, -0.25) is 4.98 Å². The van der Waals surface area contributed by atoms with Gasteiger partial charge in [-0.25, -0.2) is 9.18 Å². The highest BCUT2D eigenvalue weighted by molar-refractivity contribution is 6.30. The van der Waals surface area contributed by atoms with Gasteiger partial charge in [0.2, 0.25) is 0 Å². The van der Waals surface area contributed by atoms with Crippen molar-refractivity contribution >= 4 is 17.6 Å². The Bertz CT molecular complexity index is 836. The van der Waals surface area contributed by atoms with E-state index in [9.17, 15) is 22.4 Å². The number of aromatic nitrogens is 1. The van der Waals surface area contributed by atoms with Gasteiger partial charge in [-0.1, -0.05) is 24.4 Å². The number of hydrogen-bond donors (Lipinski definition) is 2. The summed E-state index contributed by atoms with van der Waals surface area (Å²) in [6, 6.07) is 3.53. The maximum atomic E-state index is 13.9. The van der Waals surface area contributed by atoms with E-state index in [1.54, 1.807) is 0 Å². The van der Waals surface area contributed by atoms with Crippen molar-refractivity contribution in [1.29, 1.82) is 0 Å². The summed E-state index contributed by atoms with van der Waals surface area (Å²) in [6.45, 7) is 0. The highest BCUT2D eigenvalue weighted by atomic mass is 35.5. The van der Waals surface area contributed by atoms with Crippen molar-refractivity contribution in [3.8, 4) is 0 Å². The van der Waals surface area contributed by atoms with Gasteiger partial charge in [0.1, 0.15) is 5.82 Å². The van der Waals surface area contributed by atoms with E-state index in [4.69, 9.17) is 11.6 Å². The van der Waals surface area contributed by atoms with Gasteiger partial charge in [-0.15, -0.1) is 0 Å². The molecule has 1 atom stereocenters. The van der Waals surface area contributed by atoms with E-state index in [1.165, 1.54) is 18.3 Å². The Kier molecular flexibility index (Phi) is 6.07. The lowest BCUT2D eigenvalue weighted by Gasteiger charge is -2.22. The molecule has 0 aliphatic heterocycles. The molecule has 28 heavy (non-hydrogen) atoms. The molecule has 0 bridgehead atoms. The van der Waals surface area contributed by atoms with Crippen molar-refractivity contribution in [2.45, 2.75) is 43.9 Å². The maximum Gasteiger partial charge on any atom is 0.416 e. The number of halogens is 5. The van der Waals surface area contributed by atoms with Crippen LogP contribution in [0.15, 0.2) is 36.5 Å². The van der Waals surface area contributed by atoms with Gasteiger partial charge in [0.25, 0.3) is 0 Å². The van der Waals surface area contributed by atoms with Crippen LogP contribution in [0.25, 0.3) is 0 Å². The van der Waals surface area contributed by atoms with E-state index in [1.807, 2.05) is 0 Å². The second-order valence-corrected chi connectivity index (χ2v) is 7.14. The van der Waals surface area contributed by atoms with E-state index in [0.29, 0.717) is 11.1 Å². The summed E-state index contributed by atoms with van der Waals surface area (Å²) < 4.78 is 53.2. The Hall–Kier alpha value is -2.35. The summed E-state index contributed by atoms with van der Waals surface area (Å²) in [5.41, 5.74) is -0.965. The summed E-state index contributed by atoms with van der Waals surface area (Å²) in [4.78, 5) is 16.5. The number of pyridine rings is 1. The summed E-state index contributed by atoms with van der Waals surface area (Å²) in [5, 5.41) is 5.74. The summed E-state index contributed by atoms with van der Waals surface area (Å²) in [7, 11) is 0. The number of urea groups is 1. The number of carbonyl (C=O) groups is 1. The van der Waals surface area contributed by atoms with Crippen LogP contribution in [-0.4, -0.2) is 17.1 Å². The van der Waals surface area contributed by atoms with E-state index in [-0.39, 0.29) is 17.3 Å². The highest BCUT2D eigenvalue weighted by Gasteiger charge is 2.33. The van der Waals surface area contributed by atoms with Gasteiger partial charge in [-0.2, -0.15) is 13.2 Å². The molecular formula is C19H18ClF4N3O.